The summed E-state index contributed by atoms with van der Waals surface area (Å²) < 4.78 is 29.8. The third kappa shape index (κ3) is 6.64. The summed E-state index contributed by atoms with van der Waals surface area (Å²) in [6, 6.07) is 24.3. The molecular weight excluding hydrogens is 559 g/mol. The topological polar surface area (TPSA) is 86.7 Å². The van der Waals surface area contributed by atoms with Crippen LogP contribution in [0.1, 0.15) is 36.8 Å². The Balaban J connectivity index is 1.33. The van der Waals surface area contributed by atoms with E-state index in [0.29, 0.717) is 25.8 Å². The number of aliphatic carboxylic acids is 1. The molecule has 0 saturated heterocycles. The molecule has 3 aromatic carbocycles. The van der Waals surface area contributed by atoms with E-state index >= 15 is 0 Å². The molecule has 0 spiro atoms. The lowest BCUT2D eigenvalue weighted by Gasteiger charge is -2.28. The number of benzene rings is 3. The number of fused-ring (bicyclic) bond motifs is 2. The summed E-state index contributed by atoms with van der Waals surface area (Å²) in [6.07, 6.45) is 8.54. The average Bonchev–Trinajstić information content (AvgIpc) is 3.26. The molecule has 6 nitrogen and oxygen atoms in total. The molecule has 40 heavy (non-hydrogen) atoms. The van der Waals surface area contributed by atoms with Gasteiger partial charge in [-0.3, -0.25) is 4.79 Å². The Hall–Kier alpha value is -3.03. The molecule has 2 aliphatic rings. The molecular formula is C31H33N2O4PS2. The molecule has 208 valence electrons. The number of carboxylic acids is 1. The van der Waals surface area contributed by atoms with E-state index < -0.39 is 23.5 Å². The molecule has 2 aliphatic heterocycles. The summed E-state index contributed by atoms with van der Waals surface area (Å²) in [7, 11) is -4.75. The third-order valence-corrected chi connectivity index (χ3v) is 12.9. The number of nitrogens with zero attached hydrogens (tertiary/aromatic N) is 1. The fourth-order valence-corrected chi connectivity index (χ4v) is 10.2. The molecule has 9 heteroatoms. The summed E-state index contributed by atoms with van der Waals surface area (Å²) in [5.41, 5.74) is 4.78. The van der Waals surface area contributed by atoms with Crippen LogP contribution in [-0.2, 0) is 21.4 Å². The van der Waals surface area contributed by atoms with Crippen molar-refractivity contribution >= 4 is 56.5 Å². The van der Waals surface area contributed by atoms with Gasteiger partial charge < -0.3 is 10.0 Å². The Labute approximate surface area is 241 Å². The summed E-state index contributed by atoms with van der Waals surface area (Å²) in [5, 5.41) is 9.85. The Morgan fingerprint density at radius 1 is 1.02 bits per heavy atom. The molecule has 1 unspecified atom stereocenters. The van der Waals surface area contributed by atoms with Crippen molar-refractivity contribution in [1.82, 2.24) is 4.72 Å². The fraction of sp³-hybridized carbons (Fsp3) is 0.226. The molecule has 0 saturated carbocycles. The number of thioether (sulfide) groups is 1. The molecule has 0 aromatic heterocycles. The van der Waals surface area contributed by atoms with Crippen LogP contribution in [0.4, 0.5) is 5.69 Å². The fourth-order valence-electron chi connectivity index (χ4n) is 4.89. The van der Waals surface area contributed by atoms with E-state index in [1.807, 2.05) is 18.2 Å². The van der Waals surface area contributed by atoms with Gasteiger partial charge in [-0.1, -0.05) is 74.3 Å². The molecule has 0 radical (unpaired) electrons. The number of rotatable bonds is 11. The van der Waals surface area contributed by atoms with Crippen LogP contribution in [0.15, 0.2) is 101 Å². The standard InChI is InChI=1S/C31H33N2O4PS2/c1-38-28-21-25(40(36,37)32-18-9-3-6-14-30(34)35)15-16-29(28)39-31(38)20-24-17-19-33(22-23-10-4-2-5-11-23)27-13-8-7-12-26(24)27/h2,4-5,7-8,10-13,15-17,19-21,32,38H,3,6,9,14,18,22H2,1H3,(H,34,35)/b24-20+. The van der Waals surface area contributed by atoms with Crippen molar-refractivity contribution < 1.29 is 18.3 Å². The Morgan fingerprint density at radius 3 is 2.60 bits per heavy atom. The van der Waals surface area contributed by atoms with Crippen LogP contribution in [0.5, 0.6) is 0 Å². The van der Waals surface area contributed by atoms with Gasteiger partial charge in [-0.05, 0) is 72.4 Å². The van der Waals surface area contributed by atoms with E-state index in [4.69, 9.17) is 5.11 Å². The summed E-state index contributed by atoms with van der Waals surface area (Å²) >= 11 is 1.74. The van der Waals surface area contributed by atoms with Crippen LogP contribution >= 0.6 is 19.3 Å². The molecule has 1 atom stereocenters. The Bertz CT molecular complexity index is 1620. The van der Waals surface area contributed by atoms with E-state index in [1.54, 1.807) is 17.8 Å². The van der Waals surface area contributed by atoms with Gasteiger partial charge in [0.15, 0.2) is 0 Å². The summed E-state index contributed by atoms with van der Waals surface area (Å²) in [5.74, 6) is -0.825. The number of para-hydroxylation sites is 1. The number of hydrogen-bond acceptors (Lipinski definition) is 5. The van der Waals surface area contributed by atoms with Crippen LogP contribution in [-0.4, -0.2) is 37.3 Å². The largest absolute Gasteiger partial charge is 0.481 e. The van der Waals surface area contributed by atoms with Crippen molar-refractivity contribution in [3.63, 3.8) is 0 Å². The van der Waals surface area contributed by atoms with Crippen LogP contribution in [0.25, 0.3) is 5.57 Å². The minimum Gasteiger partial charge on any atom is -0.481 e. The van der Waals surface area contributed by atoms with E-state index in [0.717, 1.165) is 22.3 Å². The SMILES string of the molecule is C[PH]1=C(/C=C2\C=CN(Cc3ccccc3)c3ccccc32)Sc2ccc(S(=O)(=O)NCCCCCC(=O)O)cc21. The predicted molar refractivity (Wildman–Crippen MR) is 169 cm³/mol. The maximum Gasteiger partial charge on any atom is 0.303 e. The normalized spacial score (nSPS) is 17.2. The zero-order valence-electron chi connectivity index (χ0n) is 22.3. The highest BCUT2D eigenvalue weighted by atomic mass is 32.2. The monoisotopic (exact) mass is 592 g/mol. The van der Waals surface area contributed by atoms with Crippen LogP contribution < -0.4 is 14.9 Å². The van der Waals surface area contributed by atoms with Crippen LogP contribution in [0, 0.1) is 0 Å². The van der Waals surface area contributed by atoms with E-state index in [2.05, 4.69) is 83.2 Å². The van der Waals surface area contributed by atoms with E-state index in [9.17, 15) is 13.2 Å². The van der Waals surface area contributed by atoms with Gasteiger partial charge in [0.1, 0.15) is 0 Å². The second-order valence-corrected chi connectivity index (χ2v) is 15.4. The number of anilines is 1. The number of sulfonamides is 1. The van der Waals surface area contributed by atoms with Crippen molar-refractivity contribution in [3.8, 4) is 0 Å². The molecule has 2 N–H and O–H groups in total. The number of carboxylic acid groups (broad SMARTS) is 1. The number of carbonyl (C=O) groups is 1. The second-order valence-electron chi connectivity index (χ2n) is 9.90. The second kappa shape index (κ2) is 12.6. The summed E-state index contributed by atoms with van der Waals surface area (Å²) in [4.78, 5) is 14.3. The Morgan fingerprint density at radius 2 is 1.80 bits per heavy atom. The lowest BCUT2D eigenvalue weighted by Crippen LogP contribution is -2.25. The van der Waals surface area contributed by atoms with E-state index in [-0.39, 0.29) is 11.3 Å². The molecule has 0 fully saturated rings. The van der Waals surface area contributed by atoms with Crippen molar-refractivity contribution in [2.45, 2.75) is 42.0 Å². The van der Waals surface area contributed by atoms with Crippen LogP contribution in [0.2, 0.25) is 0 Å². The molecule has 0 bridgehead atoms. The number of hydrogen-bond donors (Lipinski definition) is 2. The highest BCUT2D eigenvalue weighted by Crippen LogP contribution is 2.43. The van der Waals surface area contributed by atoms with Crippen molar-refractivity contribution in [2.24, 2.45) is 0 Å². The quantitative estimate of drug-likeness (QED) is 0.212. The first kappa shape index (κ1) is 28.5. The molecule has 0 aliphatic carbocycles. The van der Waals surface area contributed by atoms with Gasteiger partial charge in [-0.15, -0.1) is 0 Å². The number of nitrogens with one attached hydrogen (secondary N) is 1. The minimum atomic E-state index is -3.63. The average molecular weight is 593 g/mol. The predicted octanol–water partition coefficient (Wildman–Crippen LogP) is 5.93. The van der Waals surface area contributed by atoms with Gasteiger partial charge in [-0.25, -0.2) is 13.1 Å². The van der Waals surface area contributed by atoms with Crippen molar-refractivity contribution in [2.75, 3.05) is 18.1 Å². The highest BCUT2D eigenvalue weighted by molar-refractivity contribution is 8.23. The van der Waals surface area contributed by atoms with Gasteiger partial charge in [0.2, 0.25) is 10.0 Å². The van der Waals surface area contributed by atoms with E-state index in [1.165, 1.54) is 21.4 Å². The molecule has 5 rings (SSSR count). The first-order valence-corrected chi connectivity index (χ1v) is 17.7. The van der Waals surface area contributed by atoms with Crippen molar-refractivity contribution in [3.05, 3.63) is 102 Å². The molecule has 3 aromatic rings. The van der Waals surface area contributed by atoms with Gasteiger partial charge in [0.05, 0.1) is 4.90 Å². The van der Waals surface area contributed by atoms with Gasteiger partial charge in [-0.2, -0.15) is 0 Å². The number of allylic oxidation sites excluding steroid dienone is 2. The zero-order chi connectivity index (χ0) is 28.1. The van der Waals surface area contributed by atoms with Crippen LogP contribution in [0.3, 0.4) is 0 Å². The minimum absolute atomic E-state index is 0.110. The van der Waals surface area contributed by atoms with Gasteiger partial charge in [0.25, 0.3) is 0 Å². The summed E-state index contributed by atoms with van der Waals surface area (Å²) in [6.45, 7) is 3.32. The third-order valence-electron chi connectivity index (χ3n) is 7.06. The molecule has 2 heterocycles. The molecule has 0 amide bonds. The smallest absolute Gasteiger partial charge is 0.303 e. The lowest BCUT2D eigenvalue weighted by atomic mass is 9.99. The highest BCUT2D eigenvalue weighted by Gasteiger charge is 2.23. The van der Waals surface area contributed by atoms with Gasteiger partial charge in [0, 0.05) is 46.5 Å². The van der Waals surface area contributed by atoms with Gasteiger partial charge >= 0.3 is 5.97 Å². The van der Waals surface area contributed by atoms with Crippen molar-refractivity contribution in [1.29, 1.82) is 0 Å². The maximum atomic E-state index is 12.9. The number of unbranched alkanes of at least 4 members (excludes halogenated alkanes) is 2. The zero-order valence-corrected chi connectivity index (χ0v) is 25.0. The lowest BCUT2D eigenvalue weighted by molar-refractivity contribution is -0.137. The first-order chi connectivity index (χ1) is 19.3. The maximum absolute atomic E-state index is 12.9. The first-order valence-electron chi connectivity index (χ1n) is 13.4. The Kier molecular flexibility index (Phi) is 9.01.